The summed E-state index contributed by atoms with van der Waals surface area (Å²) in [6, 6.07) is 12.6. The number of anilines is 1. The van der Waals surface area contributed by atoms with Gasteiger partial charge in [0.05, 0.1) is 12.1 Å². The molecule has 27 heavy (non-hydrogen) atoms. The molecule has 0 saturated heterocycles. The van der Waals surface area contributed by atoms with Gasteiger partial charge in [0.15, 0.2) is 5.82 Å². The fourth-order valence-electron chi connectivity index (χ4n) is 2.55. The Morgan fingerprint density at radius 1 is 1.19 bits per heavy atom. The van der Waals surface area contributed by atoms with Crippen LogP contribution in [0.2, 0.25) is 0 Å². The zero-order valence-corrected chi connectivity index (χ0v) is 15.3. The van der Waals surface area contributed by atoms with Gasteiger partial charge in [0.1, 0.15) is 18.1 Å². The van der Waals surface area contributed by atoms with E-state index in [0.29, 0.717) is 30.3 Å². The lowest BCUT2D eigenvalue weighted by atomic mass is 10.2. The van der Waals surface area contributed by atoms with E-state index in [0.717, 1.165) is 29.5 Å². The molecule has 0 fully saturated rings. The predicted molar refractivity (Wildman–Crippen MR) is 107 cm³/mol. The van der Waals surface area contributed by atoms with Crippen molar-refractivity contribution >= 4 is 22.6 Å². The number of unbranched alkanes of at least 4 members (excludes halogenated alkanes) is 1. The van der Waals surface area contributed by atoms with E-state index in [9.17, 15) is 4.79 Å². The summed E-state index contributed by atoms with van der Waals surface area (Å²) in [5.74, 6) is 1.67. The smallest absolute Gasteiger partial charge is 0.256 e. The van der Waals surface area contributed by atoms with E-state index in [-0.39, 0.29) is 5.91 Å². The summed E-state index contributed by atoms with van der Waals surface area (Å²) >= 11 is 0. The SMILES string of the molecule is C=CCOc1ccc2[nH]nc(NC(=O)c3ccc(OCCCC)cc3)c2c1. The molecule has 6 nitrogen and oxygen atoms in total. The van der Waals surface area contributed by atoms with Crippen LogP contribution in [0.25, 0.3) is 10.9 Å². The molecule has 1 amide bonds. The van der Waals surface area contributed by atoms with Crippen LogP contribution in [0.1, 0.15) is 30.1 Å². The molecule has 1 aromatic heterocycles. The summed E-state index contributed by atoms with van der Waals surface area (Å²) in [6.07, 6.45) is 3.77. The topological polar surface area (TPSA) is 76.2 Å². The largest absolute Gasteiger partial charge is 0.494 e. The fraction of sp³-hybridized carbons (Fsp3) is 0.238. The zero-order valence-electron chi connectivity index (χ0n) is 15.3. The number of fused-ring (bicyclic) bond motifs is 1. The van der Waals surface area contributed by atoms with Crippen molar-refractivity contribution in [2.24, 2.45) is 0 Å². The molecule has 0 unspecified atom stereocenters. The number of hydrogen-bond donors (Lipinski definition) is 2. The van der Waals surface area contributed by atoms with E-state index in [2.05, 4.69) is 29.0 Å². The number of nitrogens with one attached hydrogen (secondary N) is 2. The number of rotatable bonds is 9. The van der Waals surface area contributed by atoms with Crippen molar-refractivity contribution in [2.75, 3.05) is 18.5 Å². The number of aromatic nitrogens is 2. The number of amides is 1. The standard InChI is InChI=1S/C21H23N3O3/c1-3-5-13-27-16-8-6-15(7-9-16)21(25)22-20-18-14-17(26-12-4-2)10-11-19(18)23-24-20/h4,6-11,14H,2-3,5,12-13H2,1H3,(H2,22,23,24,25). The van der Waals surface area contributed by atoms with E-state index >= 15 is 0 Å². The predicted octanol–water partition coefficient (Wildman–Crippen LogP) is 4.56. The summed E-state index contributed by atoms with van der Waals surface area (Å²) in [6.45, 7) is 6.84. The first-order valence-electron chi connectivity index (χ1n) is 8.97. The van der Waals surface area contributed by atoms with Crippen molar-refractivity contribution in [2.45, 2.75) is 19.8 Å². The Hall–Kier alpha value is -3.28. The Bertz CT molecular complexity index is 916. The molecular formula is C21H23N3O3. The van der Waals surface area contributed by atoms with E-state index in [4.69, 9.17) is 9.47 Å². The molecule has 3 rings (SSSR count). The van der Waals surface area contributed by atoms with Crippen molar-refractivity contribution in [3.05, 3.63) is 60.7 Å². The third-order valence-electron chi connectivity index (χ3n) is 4.02. The molecule has 0 aliphatic carbocycles. The number of benzene rings is 2. The van der Waals surface area contributed by atoms with Crippen LogP contribution in [-0.4, -0.2) is 29.3 Å². The second-order valence-electron chi connectivity index (χ2n) is 6.06. The molecule has 0 atom stereocenters. The highest BCUT2D eigenvalue weighted by atomic mass is 16.5. The van der Waals surface area contributed by atoms with Crippen molar-refractivity contribution in [1.29, 1.82) is 0 Å². The van der Waals surface area contributed by atoms with Crippen LogP contribution >= 0.6 is 0 Å². The molecule has 0 radical (unpaired) electrons. The number of nitrogens with zero attached hydrogens (tertiary/aromatic N) is 1. The molecule has 0 bridgehead atoms. The van der Waals surface area contributed by atoms with Gasteiger partial charge in [-0.1, -0.05) is 26.0 Å². The Morgan fingerprint density at radius 3 is 2.70 bits per heavy atom. The Labute approximate surface area is 158 Å². The Balaban J connectivity index is 1.70. The van der Waals surface area contributed by atoms with Gasteiger partial charge in [0, 0.05) is 10.9 Å². The summed E-state index contributed by atoms with van der Waals surface area (Å²) < 4.78 is 11.2. The van der Waals surface area contributed by atoms with Crippen LogP contribution < -0.4 is 14.8 Å². The van der Waals surface area contributed by atoms with Gasteiger partial charge < -0.3 is 14.8 Å². The molecule has 0 aliphatic rings. The highest BCUT2D eigenvalue weighted by Crippen LogP contribution is 2.26. The van der Waals surface area contributed by atoms with Crippen molar-refractivity contribution in [3.8, 4) is 11.5 Å². The lowest BCUT2D eigenvalue weighted by molar-refractivity contribution is 0.102. The number of carbonyl (C=O) groups is 1. The number of ether oxygens (including phenoxy) is 2. The molecular weight excluding hydrogens is 342 g/mol. The van der Waals surface area contributed by atoms with Gasteiger partial charge in [0.2, 0.25) is 0 Å². The molecule has 140 valence electrons. The van der Waals surface area contributed by atoms with Crippen LogP contribution in [0.4, 0.5) is 5.82 Å². The molecule has 2 N–H and O–H groups in total. The highest BCUT2D eigenvalue weighted by Gasteiger charge is 2.12. The van der Waals surface area contributed by atoms with Gasteiger partial charge in [0.25, 0.3) is 5.91 Å². The Kier molecular flexibility index (Phi) is 6.10. The van der Waals surface area contributed by atoms with Gasteiger partial charge in [-0.25, -0.2) is 0 Å². The van der Waals surface area contributed by atoms with Gasteiger partial charge in [-0.2, -0.15) is 5.10 Å². The lowest BCUT2D eigenvalue weighted by Crippen LogP contribution is -2.12. The van der Waals surface area contributed by atoms with Gasteiger partial charge >= 0.3 is 0 Å². The van der Waals surface area contributed by atoms with E-state index in [1.165, 1.54) is 0 Å². The van der Waals surface area contributed by atoms with Gasteiger partial charge in [-0.15, -0.1) is 0 Å². The van der Waals surface area contributed by atoms with Gasteiger partial charge in [-0.3, -0.25) is 9.89 Å². The van der Waals surface area contributed by atoms with E-state index < -0.39 is 0 Å². The maximum absolute atomic E-state index is 12.5. The first-order chi connectivity index (χ1) is 13.2. The summed E-state index contributed by atoms with van der Waals surface area (Å²) in [7, 11) is 0. The first kappa shape index (κ1) is 18.5. The van der Waals surface area contributed by atoms with E-state index in [1.807, 2.05) is 18.2 Å². The zero-order chi connectivity index (χ0) is 19.1. The second kappa shape index (κ2) is 8.89. The molecule has 0 saturated carbocycles. The summed E-state index contributed by atoms with van der Waals surface area (Å²) in [4.78, 5) is 12.5. The minimum absolute atomic E-state index is 0.235. The molecule has 1 heterocycles. The highest BCUT2D eigenvalue weighted by molar-refractivity contribution is 6.08. The van der Waals surface area contributed by atoms with Crippen LogP contribution in [0.5, 0.6) is 11.5 Å². The number of aromatic amines is 1. The first-order valence-corrected chi connectivity index (χ1v) is 8.97. The molecule has 0 spiro atoms. The van der Waals surface area contributed by atoms with Crippen molar-refractivity contribution in [1.82, 2.24) is 10.2 Å². The monoisotopic (exact) mass is 365 g/mol. The third-order valence-corrected chi connectivity index (χ3v) is 4.02. The van der Waals surface area contributed by atoms with Gasteiger partial charge in [-0.05, 0) is 48.9 Å². The summed E-state index contributed by atoms with van der Waals surface area (Å²) in [5, 5.41) is 10.7. The third kappa shape index (κ3) is 4.67. The minimum Gasteiger partial charge on any atom is -0.494 e. The fourth-order valence-corrected chi connectivity index (χ4v) is 2.55. The quantitative estimate of drug-likeness (QED) is 0.430. The second-order valence-corrected chi connectivity index (χ2v) is 6.06. The van der Waals surface area contributed by atoms with Crippen molar-refractivity contribution in [3.63, 3.8) is 0 Å². The maximum atomic E-state index is 12.5. The van der Waals surface area contributed by atoms with Crippen LogP contribution in [0.15, 0.2) is 55.1 Å². The molecule has 6 heteroatoms. The van der Waals surface area contributed by atoms with E-state index in [1.54, 1.807) is 30.3 Å². The van der Waals surface area contributed by atoms with Crippen molar-refractivity contribution < 1.29 is 14.3 Å². The Morgan fingerprint density at radius 2 is 1.96 bits per heavy atom. The van der Waals surface area contributed by atoms with Crippen LogP contribution in [0.3, 0.4) is 0 Å². The lowest BCUT2D eigenvalue weighted by Gasteiger charge is -2.07. The average molecular weight is 365 g/mol. The number of hydrogen-bond acceptors (Lipinski definition) is 4. The molecule has 3 aromatic rings. The number of carbonyl (C=O) groups excluding carboxylic acids is 1. The summed E-state index contributed by atoms with van der Waals surface area (Å²) in [5.41, 5.74) is 1.35. The average Bonchev–Trinajstić information content (AvgIpc) is 3.09. The number of H-pyrrole nitrogens is 1. The molecule has 2 aromatic carbocycles. The molecule has 0 aliphatic heterocycles. The minimum atomic E-state index is -0.235. The maximum Gasteiger partial charge on any atom is 0.256 e. The normalized spacial score (nSPS) is 10.6. The van der Waals surface area contributed by atoms with Crippen LogP contribution in [-0.2, 0) is 0 Å². The van der Waals surface area contributed by atoms with Crippen LogP contribution in [0, 0.1) is 0 Å².